The highest BCUT2D eigenvalue weighted by atomic mass is 35.5. The van der Waals surface area contributed by atoms with Gasteiger partial charge in [0, 0.05) is 22.0 Å². The summed E-state index contributed by atoms with van der Waals surface area (Å²) in [4.78, 5) is 26.9. The van der Waals surface area contributed by atoms with Crippen molar-refractivity contribution in [3.63, 3.8) is 0 Å². The third kappa shape index (κ3) is 2.96. The van der Waals surface area contributed by atoms with Crippen molar-refractivity contribution in [3.05, 3.63) is 69.3 Å². The van der Waals surface area contributed by atoms with E-state index in [2.05, 4.69) is 4.98 Å². The number of carbonyl (C=O) groups is 2. The summed E-state index contributed by atoms with van der Waals surface area (Å²) < 4.78 is 0. The number of fused-ring (bicyclic) bond motifs is 1. The summed E-state index contributed by atoms with van der Waals surface area (Å²) in [6.07, 6.45) is -0.286. The van der Waals surface area contributed by atoms with Crippen LogP contribution < -0.4 is 0 Å². The van der Waals surface area contributed by atoms with E-state index in [9.17, 15) is 9.59 Å². The molecule has 0 saturated carbocycles. The number of hydrogen-bond donors (Lipinski definition) is 2. The fourth-order valence-corrected chi connectivity index (χ4v) is 2.83. The second kappa shape index (κ2) is 6.07. The molecule has 0 amide bonds. The number of H-pyrrole nitrogens is 1. The molecule has 0 aliphatic carbocycles. The first-order valence-corrected chi connectivity index (χ1v) is 7.54. The van der Waals surface area contributed by atoms with Crippen LogP contribution in [0.25, 0.3) is 10.9 Å². The quantitative estimate of drug-likeness (QED) is 0.690. The topological polar surface area (TPSA) is 70.2 Å². The van der Waals surface area contributed by atoms with Crippen molar-refractivity contribution in [1.29, 1.82) is 0 Å². The molecule has 0 saturated heterocycles. The first-order chi connectivity index (χ1) is 11.0. The van der Waals surface area contributed by atoms with E-state index in [1.807, 2.05) is 0 Å². The van der Waals surface area contributed by atoms with Crippen LogP contribution >= 0.6 is 23.2 Å². The number of ketones is 1. The summed E-state index contributed by atoms with van der Waals surface area (Å²) >= 11 is 12.0. The monoisotopic (exact) mass is 347 g/mol. The second-order valence-electron chi connectivity index (χ2n) is 5.06. The van der Waals surface area contributed by atoms with Crippen molar-refractivity contribution in [3.8, 4) is 0 Å². The van der Waals surface area contributed by atoms with E-state index in [0.29, 0.717) is 32.1 Å². The number of halogens is 2. The average Bonchev–Trinajstić information content (AvgIpc) is 2.85. The van der Waals surface area contributed by atoms with Crippen molar-refractivity contribution in [2.45, 2.75) is 6.42 Å². The first kappa shape index (κ1) is 15.6. The fraction of sp³-hybridized carbons (Fsp3) is 0.0588. The number of rotatable bonds is 4. The molecule has 116 valence electrons. The zero-order valence-corrected chi connectivity index (χ0v) is 13.3. The molecular formula is C17H11Cl2NO3. The number of hydrogen-bond acceptors (Lipinski definition) is 2. The Hall–Kier alpha value is -2.30. The van der Waals surface area contributed by atoms with Crippen molar-refractivity contribution < 1.29 is 14.7 Å². The van der Waals surface area contributed by atoms with Gasteiger partial charge < -0.3 is 10.1 Å². The molecule has 6 heteroatoms. The van der Waals surface area contributed by atoms with Gasteiger partial charge in [0.25, 0.3) is 0 Å². The predicted octanol–water partition coefficient (Wildman–Crippen LogP) is 4.33. The van der Waals surface area contributed by atoms with E-state index in [1.165, 1.54) is 0 Å². The fourth-order valence-electron chi connectivity index (χ4n) is 2.51. The highest BCUT2D eigenvalue weighted by Gasteiger charge is 2.21. The lowest BCUT2D eigenvalue weighted by Crippen LogP contribution is -2.08. The van der Waals surface area contributed by atoms with Gasteiger partial charge in [0.2, 0.25) is 5.78 Å². The maximum Gasteiger partial charge on any atom is 0.307 e. The Morgan fingerprint density at radius 2 is 1.70 bits per heavy atom. The summed E-state index contributed by atoms with van der Waals surface area (Å²) in [5, 5.41) is 10.4. The lowest BCUT2D eigenvalue weighted by Gasteiger charge is -2.02. The maximum absolute atomic E-state index is 12.7. The largest absolute Gasteiger partial charge is 0.481 e. The molecule has 2 N–H and O–H groups in total. The van der Waals surface area contributed by atoms with Crippen LogP contribution in [-0.2, 0) is 11.2 Å². The minimum absolute atomic E-state index is 0.243. The van der Waals surface area contributed by atoms with Gasteiger partial charge in [-0.15, -0.1) is 0 Å². The molecule has 1 heterocycles. The third-order valence-electron chi connectivity index (χ3n) is 3.54. The van der Waals surface area contributed by atoms with Crippen LogP contribution in [0.15, 0.2) is 42.5 Å². The summed E-state index contributed by atoms with van der Waals surface area (Å²) in [6.45, 7) is 0. The van der Waals surface area contributed by atoms with E-state index in [4.69, 9.17) is 28.3 Å². The van der Waals surface area contributed by atoms with Crippen molar-refractivity contribution in [2.24, 2.45) is 0 Å². The number of nitrogens with one attached hydrogen (secondary N) is 1. The molecule has 0 bridgehead atoms. The first-order valence-electron chi connectivity index (χ1n) is 6.78. The molecule has 23 heavy (non-hydrogen) atoms. The number of aromatic nitrogens is 1. The summed E-state index contributed by atoms with van der Waals surface area (Å²) in [5.74, 6) is -1.30. The van der Waals surface area contributed by atoms with Gasteiger partial charge >= 0.3 is 5.97 Å². The van der Waals surface area contributed by atoms with Gasteiger partial charge in [-0.1, -0.05) is 53.5 Å². The van der Waals surface area contributed by atoms with E-state index < -0.39 is 5.97 Å². The molecule has 3 aromatic rings. The number of aromatic amines is 1. The minimum atomic E-state index is -1.03. The number of carboxylic acid groups (broad SMARTS) is 1. The normalized spacial score (nSPS) is 10.9. The molecule has 0 unspecified atom stereocenters. The van der Waals surface area contributed by atoms with Gasteiger partial charge in [0.1, 0.15) is 0 Å². The number of aliphatic carboxylic acids is 1. The summed E-state index contributed by atoms with van der Waals surface area (Å²) in [6, 6.07) is 11.8. The van der Waals surface area contributed by atoms with Crippen LogP contribution in [0.1, 0.15) is 21.6 Å². The van der Waals surface area contributed by atoms with Gasteiger partial charge in [-0.2, -0.15) is 0 Å². The lowest BCUT2D eigenvalue weighted by atomic mass is 10.0. The van der Waals surface area contributed by atoms with Crippen LogP contribution in [-0.4, -0.2) is 21.8 Å². The standard InChI is InChI=1S/C17H11Cl2NO3/c18-12-6-10-11(7-15(21)22)16(20-14(10)8-13(12)19)17(23)9-4-2-1-3-5-9/h1-6,8,20H,7H2,(H,21,22). The molecule has 4 nitrogen and oxygen atoms in total. The van der Waals surface area contributed by atoms with Crippen LogP contribution in [0.2, 0.25) is 10.0 Å². The Balaban J connectivity index is 2.23. The van der Waals surface area contributed by atoms with E-state index in [-0.39, 0.29) is 17.9 Å². The van der Waals surface area contributed by atoms with E-state index in [0.717, 1.165) is 0 Å². The number of benzene rings is 2. The predicted molar refractivity (Wildman–Crippen MR) is 89.5 cm³/mol. The Morgan fingerprint density at radius 1 is 1.04 bits per heavy atom. The van der Waals surface area contributed by atoms with E-state index >= 15 is 0 Å². The molecule has 0 radical (unpaired) electrons. The Kier molecular flexibility index (Phi) is 4.11. The Bertz CT molecular complexity index is 916. The van der Waals surface area contributed by atoms with Gasteiger partial charge in [-0.3, -0.25) is 9.59 Å². The lowest BCUT2D eigenvalue weighted by molar-refractivity contribution is -0.136. The molecular weight excluding hydrogens is 337 g/mol. The van der Waals surface area contributed by atoms with Gasteiger partial charge in [0.05, 0.1) is 22.2 Å². The van der Waals surface area contributed by atoms with Crippen molar-refractivity contribution >= 4 is 45.9 Å². The smallest absolute Gasteiger partial charge is 0.307 e. The highest BCUT2D eigenvalue weighted by molar-refractivity contribution is 6.42. The number of carbonyl (C=O) groups excluding carboxylic acids is 1. The SMILES string of the molecule is O=C(O)Cc1c(C(=O)c2ccccc2)[nH]c2cc(Cl)c(Cl)cc12. The zero-order valence-electron chi connectivity index (χ0n) is 11.8. The number of carboxylic acids is 1. The Morgan fingerprint density at radius 3 is 2.35 bits per heavy atom. The molecule has 0 aliphatic heterocycles. The zero-order chi connectivity index (χ0) is 16.6. The van der Waals surface area contributed by atoms with Gasteiger partial charge in [0.15, 0.2) is 0 Å². The van der Waals surface area contributed by atoms with Crippen LogP contribution in [0.4, 0.5) is 0 Å². The molecule has 3 rings (SSSR count). The summed E-state index contributed by atoms with van der Waals surface area (Å²) in [5.41, 5.74) is 1.70. The van der Waals surface area contributed by atoms with Gasteiger partial charge in [-0.25, -0.2) is 0 Å². The maximum atomic E-state index is 12.7. The molecule has 0 atom stereocenters. The Labute approximate surface area is 141 Å². The minimum Gasteiger partial charge on any atom is -0.481 e. The van der Waals surface area contributed by atoms with Crippen molar-refractivity contribution in [1.82, 2.24) is 4.98 Å². The molecule has 0 aliphatic rings. The highest BCUT2D eigenvalue weighted by Crippen LogP contribution is 2.32. The second-order valence-corrected chi connectivity index (χ2v) is 5.87. The van der Waals surface area contributed by atoms with Crippen molar-refractivity contribution in [2.75, 3.05) is 0 Å². The van der Waals surface area contributed by atoms with E-state index in [1.54, 1.807) is 42.5 Å². The molecule has 1 aromatic heterocycles. The summed E-state index contributed by atoms with van der Waals surface area (Å²) in [7, 11) is 0. The molecule has 0 spiro atoms. The van der Waals surface area contributed by atoms with Crippen LogP contribution in [0, 0.1) is 0 Å². The van der Waals surface area contributed by atoms with Crippen LogP contribution in [0.5, 0.6) is 0 Å². The van der Waals surface area contributed by atoms with Crippen LogP contribution in [0.3, 0.4) is 0 Å². The molecule has 0 fully saturated rings. The van der Waals surface area contributed by atoms with Gasteiger partial charge in [-0.05, 0) is 12.1 Å². The molecule has 2 aromatic carbocycles. The average molecular weight is 348 g/mol. The third-order valence-corrected chi connectivity index (χ3v) is 4.26.